The maximum Gasteiger partial charge on any atom is 0.211 e. The smallest absolute Gasteiger partial charge is 0.211 e. The van der Waals surface area contributed by atoms with Crippen LogP contribution < -0.4 is 19.9 Å². The minimum atomic E-state index is -0.373. The Balaban J connectivity index is 2.47. The fraction of sp³-hybridized carbons (Fsp3) is 0.200. The summed E-state index contributed by atoms with van der Waals surface area (Å²) < 4.78 is 29.6. The molecule has 5 heteroatoms. The van der Waals surface area contributed by atoms with Crippen molar-refractivity contribution >= 4 is 5.69 Å². The Hall–Kier alpha value is -2.43. The zero-order valence-corrected chi connectivity index (χ0v) is 11.6. The predicted molar refractivity (Wildman–Crippen MR) is 75.2 cm³/mol. The number of nitrogen functional groups attached to an aromatic ring is 1. The number of benzene rings is 2. The molecule has 0 spiro atoms. The fourth-order valence-electron chi connectivity index (χ4n) is 1.79. The van der Waals surface area contributed by atoms with Crippen LogP contribution in [0.1, 0.15) is 5.56 Å². The van der Waals surface area contributed by atoms with Gasteiger partial charge in [-0.05, 0) is 30.7 Å². The standard InChI is InChI=1S/C15H16FNO3/c1-9-7-14(11(17)8-10(9)16)20-15-12(18-2)5-4-6-13(15)19-3/h4-8H,17H2,1-3H3. The lowest BCUT2D eigenvalue weighted by Gasteiger charge is -2.15. The minimum absolute atomic E-state index is 0.209. The molecule has 0 saturated carbocycles. The van der Waals surface area contributed by atoms with Crippen molar-refractivity contribution in [3.63, 3.8) is 0 Å². The predicted octanol–water partition coefficient (Wildman–Crippen LogP) is 3.53. The van der Waals surface area contributed by atoms with Gasteiger partial charge >= 0.3 is 0 Å². The maximum atomic E-state index is 13.4. The Morgan fingerprint density at radius 2 is 1.60 bits per heavy atom. The molecular weight excluding hydrogens is 261 g/mol. The number of halogens is 1. The number of methoxy groups -OCH3 is 2. The quantitative estimate of drug-likeness (QED) is 0.869. The number of ether oxygens (including phenoxy) is 3. The Kier molecular flexibility index (Phi) is 3.98. The van der Waals surface area contributed by atoms with Crippen molar-refractivity contribution in [3.8, 4) is 23.0 Å². The first kappa shape index (κ1) is 14.0. The van der Waals surface area contributed by atoms with Crippen molar-refractivity contribution < 1.29 is 18.6 Å². The molecule has 0 radical (unpaired) electrons. The Bertz CT molecular complexity index is 607. The maximum absolute atomic E-state index is 13.4. The van der Waals surface area contributed by atoms with Crippen molar-refractivity contribution in [2.75, 3.05) is 20.0 Å². The molecule has 0 atom stereocenters. The van der Waals surface area contributed by atoms with Gasteiger partial charge < -0.3 is 19.9 Å². The monoisotopic (exact) mass is 277 g/mol. The van der Waals surface area contributed by atoms with Gasteiger partial charge in [0, 0.05) is 6.07 Å². The number of hydrogen-bond donors (Lipinski definition) is 1. The topological polar surface area (TPSA) is 53.7 Å². The summed E-state index contributed by atoms with van der Waals surface area (Å²) in [7, 11) is 3.06. The van der Waals surface area contributed by atoms with E-state index >= 15 is 0 Å². The number of nitrogens with two attached hydrogens (primary N) is 1. The molecule has 2 aromatic carbocycles. The highest BCUT2D eigenvalue weighted by Gasteiger charge is 2.15. The highest BCUT2D eigenvalue weighted by molar-refractivity contribution is 5.59. The molecule has 2 aromatic rings. The van der Waals surface area contributed by atoms with E-state index in [1.54, 1.807) is 25.1 Å². The fourth-order valence-corrected chi connectivity index (χ4v) is 1.79. The lowest BCUT2D eigenvalue weighted by molar-refractivity contribution is 0.346. The van der Waals surface area contributed by atoms with Crippen LogP contribution >= 0.6 is 0 Å². The van der Waals surface area contributed by atoms with Gasteiger partial charge in [-0.25, -0.2) is 4.39 Å². The molecule has 0 aliphatic heterocycles. The van der Waals surface area contributed by atoms with Crippen LogP contribution in [0.4, 0.5) is 10.1 Å². The van der Waals surface area contributed by atoms with E-state index in [0.29, 0.717) is 28.6 Å². The summed E-state index contributed by atoms with van der Waals surface area (Å²) in [5, 5.41) is 0. The van der Waals surface area contributed by atoms with Crippen LogP contribution in [-0.4, -0.2) is 14.2 Å². The number of anilines is 1. The average Bonchev–Trinajstić information content (AvgIpc) is 2.44. The first-order chi connectivity index (χ1) is 9.56. The van der Waals surface area contributed by atoms with Gasteiger partial charge in [-0.1, -0.05) is 6.07 Å². The Morgan fingerprint density at radius 3 is 2.15 bits per heavy atom. The van der Waals surface area contributed by atoms with Gasteiger partial charge in [0.05, 0.1) is 19.9 Å². The van der Waals surface area contributed by atoms with E-state index in [1.807, 2.05) is 0 Å². The summed E-state index contributed by atoms with van der Waals surface area (Å²) in [4.78, 5) is 0. The minimum Gasteiger partial charge on any atom is -0.493 e. The Morgan fingerprint density at radius 1 is 1.00 bits per heavy atom. The van der Waals surface area contributed by atoms with Gasteiger partial charge in [0.2, 0.25) is 5.75 Å². The first-order valence-electron chi connectivity index (χ1n) is 6.01. The molecule has 0 aliphatic rings. The van der Waals surface area contributed by atoms with Crippen LogP contribution in [0.5, 0.6) is 23.0 Å². The van der Waals surface area contributed by atoms with E-state index in [2.05, 4.69) is 0 Å². The third-order valence-corrected chi connectivity index (χ3v) is 2.89. The summed E-state index contributed by atoms with van der Waals surface area (Å²) in [5.41, 5.74) is 6.43. The highest BCUT2D eigenvalue weighted by Crippen LogP contribution is 2.41. The van der Waals surface area contributed by atoms with Gasteiger partial charge in [-0.3, -0.25) is 0 Å². The molecule has 0 bridgehead atoms. The Labute approximate surface area is 116 Å². The van der Waals surface area contributed by atoms with E-state index in [9.17, 15) is 4.39 Å². The van der Waals surface area contributed by atoms with E-state index in [4.69, 9.17) is 19.9 Å². The van der Waals surface area contributed by atoms with Crippen LogP contribution in [-0.2, 0) is 0 Å². The number of para-hydroxylation sites is 1. The molecule has 4 nitrogen and oxygen atoms in total. The summed E-state index contributed by atoms with van der Waals surface area (Å²) in [6.45, 7) is 1.64. The molecule has 0 aromatic heterocycles. The van der Waals surface area contributed by atoms with Crippen molar-refractivity contribution in [1.82, 2.24) is 0 Å². The molecule has 2 rings (SSSR count). The van der Waals surface area contributed by atoms with E-state index in [1.165, 1.54) is 26.4 Å². The molecule has 0 heterocycles. The normalized spacial score (nSPS) is 10.2. The third kappa shape index (κ3) is 2.61. The molecular formula is C15H16FNO3. The average molecular weight is 277 g/mol. The number of hydrogen-bond acceptors (Lipinski definition) is 4. The van der Waals surface area contributed by atoms with Crippen LogP contribution in [0, 0.1) is 12.7 Å². The van der Waals surface area contributed by atoms with Crippen LogP contribution in [0.15, 0.2) is 30.3 Å². The molecule has 20 heavy (non-hydrogen) atoms. The second kappa shape index (κ2) is 5.69. The molecule has 0 fully saturated rings. The van der Waals surface area contributed by atoms with Gasteiger partial charge in [-0.2, -0.15) is 0 Å². The SMILES string of the molecule is COc1cccc(OC)c1Oc1cc(C)c(F)cc1N. The van der Waals surface area contributed by atoms with Gasteiger partial charge in [0.1, 0.15) is 5.82 Å². The molecule has 0 amide bonds. The summed E-state index contributed by atoms with van der Waals surface area (Å²) >= 11 is 0. The number of aryl methyl sites for hydroxylation is 1. The summed E-state index contributed by atoms with van der Waals surface area (Å²) in [6, 6.07) is 8.03. The van der Waals surface area contributed by atoms with E-state index in [0.717, 1.165) is 0 Å². The van der Waals surface area contributed by atoms with E-state index in [-0.39, 0.29) is 11.5 Å². The van der Waals surface area contributed by atoms with Crippen molar-refractivity contribution in [3.05, 3.63) is 41.7 Å². The van der Waals surface area contributed by atoms with Crippen molar-refractivity contribution in [1.29, 1.82) is 0 Å². The molecule has 0 unspecified atom stereocenters. The van der Waals surface area contributed by atoms with Gasteiger partial charge in [0.25, 0.3) is 0 Å². The van der Waals surface area contributed by atoms with Crippen molar-refractivity contribution in [2.24, 2.45) is 0 Å². The molecule has 2 N–H and O–H groups in total. The zero-order chi connectivity index (χ0) is 14.7. The van der Waals surface area contributed by atoms with Crippen LogP contribution in [0.2, 0.25) is 0 Å². The lowest BCUT2D eigenvalue weighted by atomic mass is 10.2. The summed E-state index contributed by atoms with van der Waals surface area (Å²) in [6.07, 6.45) is 0. The third-order valence-electron chi connectivity index (χ3n) is 2.89. The van der Waals surface area contributed by atoms with Crippen LogP contribution in [0.3, 0.4) is 0 Å². The zero-order valence-electron chi connectivity index (χ0n) is 11.6. The highest BCUT2D eigenvalue weighted by atomic mass is 19.1. The second-order valence-corrected chi connectivity index (χ2v) is 4.23. The van der Waals surface area contributed by atoms with Crippen LogP contribution in [0.25, 0.3) is 0 Å². The molecule has 0 saturated heterocycles. The molecule has 0 aliphatic carbocycles. The second-order valence-electron chi connectivity index (χ2n) is 4.23. The van der Waals surface area contributed by atoms with E-state index < -0.39 is 0 Å². The molecule has 106 valence electrons. The van der Waals surface area contributed by atoms with Gasteiger partial charge in [0.15, 0.2) is 17.2 Å². The number of rotatable bonds is 4. The van der Waals surface area contributed by atoms with Gasteiger partial charge in [-0.15, -0.1) is 0 Å². The summed E-state index contributed by atoms with van der Waals surface area (Å²) in [5.74, 6) is 1.39. The first-order valence-corrected chi connectivity index (χ1v) is 6.01. The van der Waals surface area contributed by atoms with Crippen molar-refractivity contribution in [2.45, 2.75) is 6.92 Å². The largest absolute Gasteiger partial charge is 0.493 e. The lowest BCUT2D eigenvalue weighted by Crippen LogP contribution is -1.98.